The molecular weight excluding hydrogens is 358 g/mol. The van der Waals surface area contributed by atoms with Gasteiger partial charge in [-0.2, -0.15) is 0 Å². The largest absolute Gasteiger partial charge is 0.340 e. The first kappa shape index (κ1) is 20.1. The van der Waals surface area contributed by atoms with Crippen LogP contribution in [0.25, 0.3) is 0 Å². The van der Waals surface area contributed by atoms with Crippen molar-refractivity contribution < 1.29 is 4.79 Å². The Kier molecular flexibility index (Phi) is 6.63. The Morgan fingerprint density at radius 3 is 2.34 bits per heavy atom. The molecule has 2 aliphatic heterocycles. The lowest BCUT2D eigenvalue weighted by Crippen LogP contribution is -2.52. The van der Waals surface area contributed by atoms with Crippen molar-refractivity contribution in [3.8, 4) is 0 Å². The molecule has 1 atom stereocenters. The molecule has 0 N–H and O–H groups in total. The van der Waals surface area contributed by atoms with Crippen molar-refractivity contribution in [3.63, 3.8) is 0 Å². The van der Waals surface area contributed by atoms with Crippen molar-refractivity contribution in [2.24, 2.45) is 5.92 Å². The third-order valence-corrected chi connectivity index (χ3v) is 6.44. The smallest absolute Gasteiger partial charge is 0.227 e. The monoisotopic (exact) mass is 391 g/mol. The van der Waals surface area contributed by atoms with Crippen LogP contribution >= 0.6 is 0 Å². The normalized spacial score (nSPS) is 21.3. The molecule has 29 heavy (non-hydrogen) atoms. The zero-order valence-corrected chi connectivity index (χ0v) is 17.6. The number of piperazine rings is 1. The first-order chi connectivity index (χ1) is 14.2. The van der Waals surface area contributed by atoms with E-state index >= 15 is 0 Å². The van der Waals surface area contributed by atoms with Crippen LogP contribution in [0.1, 0.15) is 29.5 Å². The Bertz CT molecular complexity index is 799. The molecule has 0 radical (unpaired) electrons. The lowest BCUT2D eigenvalue weighted by atomic mass is 9.95. The van der Waals surface area contributed by atoms with Gasteiger partial charge in [-0.15, -0.1) is 0 Å². The lowest BCUT2D eigenvalue weighted by Gasteiger charge is -2.39. The predicted octanol–water partition coefficient (Wildman–Crippen LogP) is 3.55. The third-order valence-electron chi connectivity index (χ3n) is 6.44. The highest BCUT2D eigenvalue weighted by molar-refractivity contribution is 5.79. The molecule has 0 saturated carbocycles. The molecule has 2 aliphatic rings. The van der Waals surface area contributed by atoms with Gasteiger partial charge >= 0.3 is 0 Å². The van der Waals surface area contributed by atoms with E-state index in [1.807, 2.05) is 0 Å². The van der Waals surface area contributed by atoms with Gasteiger partial charge in [-0.25, -0.2) is 0 Å². The number of benzene rings is 2. The maximum Gasteiger partial charge on any atom is 0.227 e. The van der Waals surface area contributed by atoms with E-state index in [0.29, 0.717) is 5.91 Å². The molecule has 2 fully saturated rings. The van der Waals surface area contributed by atoms with Crippen molar-refractivity contribution in [1.82, 2.24) is 14.7 Å². The summed E-state index contributed by atoms with van der Waals surface area (Å²) in [6, 6.07) is 19.2. The molecule has 1 unspecified atom stereocenters. The first-order valence-corrected chi connectivity index (χ1v) is 11.0. The highest BCUT2D eigenvalue weighted by atomic mass is 16.2. The number of hydrogen-bond acceptors (Lipinski definition) is 3. The van der Waals surface area contributed by atoms with Gasteiger partial charge in [-0.3, -0.25) is 14.6 Å². The van der Waals surface area contributed by atoms with E-state index in [1.54, 1.807) is 0 Å². The number of nitrogens with zero attached hydrogens (tertiary/aromatic N) is 3. The van der Waals surface area contributed by atoms with Gasteiger partial charge in [0.1, 0.15) is 0 Å². The second kappa shape index (κ2) is 9.55. The Balaban J connectivity index is 1.27. The first-order valence-electron chi connectivity index (χ1n) is 11.0. The molecule has 0 aromatic heterocycles. The van der Waals surface area contributed by atoms with Gasteiger partial charge < -0.3 is 4.90 Å². The maximum absolute atomic E-state index is 13.2. The molecule has 4 heteroatoms. The molecule has 1 amide bonds. The second-order valence-electron chi connectivity index (χ2n) is 8.59. The molecular formula is C25H33N3O. The zero-order valence-electron chi connectivity index (χ0n) is 17.6. The lowest BCUT2D eigenvalue weighted by molar-refractivity contribution is -0.139. The summed E-state index contributed by atoms with van der Waals surface area (Å²) in [5, 5.41) is 0. The number of aryl methyl sites for hydroxylation is 1. The van der Waals surface area contributed by atoms with E-state index in [-0.39, 0.29) is 5.92 Å². The minimum absolute atomic E-state index is 0.161. The van der Waals surface area contributed by atoms with Crippen LogP contribution in [0.2, 0.25) is 0 Å². The van der Waals surface area contributed by atoms with Gasteiger partial charge in [-0.1, -0.05) is 54.6 Å². The fourth-order valence-corrected chi connectivity index (χ4v) is 4.66. The number of rotatable bonds is 5. The van der Waals surface area contributed by atoms with Crippen LogP contribution in [0, 0.1) is 12.8 Å². The van der Waals surface area contributed by atoms with Gasteiger partial charge in [0.2, 0.25) is 5.91 Å². The van der Waals surface area contributed by atoms with Crippen LogP contribution in [0.3, 0.4) is 0 Å². The number of piperidine rings is 1. The number of amides is 1. The number of likely N-dealkylation sites (tertiary alicyclic amines) is 1. The average Bonchev–Trinajstić information content (AvgIpc) is 2.76. The van der Waals surface area contributed by atoms with Crippen molar-refractivity contribution in [2.75, 3.05) is 39.3 Å². The minimum Gasteiger partial charge on any atom is -0.340 e. The van der Waals surface area contributed by atoms with E-state index in [1.165, 1.54) is 16.7 Å². The molecule has 2 heterocycles. The quantitative estimate of drug-likeness (QED) is 0.780. The predicted molar refractivity (Wildman–Crippen MR) is 117 cm³/mol. The Morgan fingerprint density at radius 2 is 1.59 bits per heavy atom. The topological polar surface area (TPSA) is 26.8 Å². The summed E-state index contributed by atoms with van der Waals surface area (Å²) in [4.78, 5) is 20.2. The summed E-state index contributed by atoms with van der Waals surface area (Å²) in [5.41, 5.74) is 4.08. The summed E-state index contributed by atoms with van der Waals surface area (Å²) in [6.45, 7) is 9.79. The van der Waals surface area contributed by atoms with Crippen molar-refractivity contribution >= 4 is 5.91 Å². The highest BCUT2D eigenvalue weighted by Gasteiger charge is 2.31. The SMILES string of the molecule is Cc1ccccc1CN1CCCC(C(=O)N2CCN(Cc3ccccc3)CC2)C1. The van der Waals surface area contributed by atoms with Gasteiger partial charge in [0, 0.05) is 45.8 Å². The Hall–Kier alpha value is -2.17. The number of carbonyl (C=O) groups is 1. The van der Waals surface area contributed by atoms with E-state index < -0.39 is 0 Å². The van der Waals surface area contributed by atoms with Gasteiger partial charge in [0.15, 0.2) is 0 Å². The van der Waals surface area contributed by atoms with Gasteiger partial charge in [-0.05, 0) is 43.0 Å². The molecule has 2 aromatic carbocycles. The summed E-state index contributed by atoms with van der Waals surface area (Å²) >= 11 is 0. The fourth-order valence-electron chi connectivity index (χ4n) is 4.66. The average molecular weight is 392 g/mol. The van der Waals surface area contributed by atoms with Gasteiger partial charge in [0.25, 0.3) is 0 Å². The number of hydrogen-bond donors (Lipinski definition) is 0. The van der Waals surface area contributed by atoms with Crippen LogP contribution in [0.15, 0.2) is 54.6 Å². The molecule has 0 bridgehead atoms. The Morgan fingerprint density at radius 1 is 0.862 bits per heavy atom. The molecule has 2 saturated heterocycles. The van der Waals surface area contributed by atoms with Crippen LogP contribution < -0.4 is 0 Å². The second-order valence-corrected chi connectivity index (χ2v) is 8.59. The fraction of sp³-hybridized carbons (Fsp3) is 0.480. The van der Waals surface area contributed by atoms with Crippen molar-refractivity contribution in [1.29, 1.82) is 0 Å². The highest BCUT2D eigenvalue weighted by Crippen LogP contribution is 2.22. The third kappa shape index (κ3) is 5.26. The molecule has 154 valence electrons. The van der Waals surface area contributed by atoms with E-state index in [0.717, 1.165) is 65.2 Å². The zero-order chi connectivity index (χ0) is 20.1. The summed E-state index contributed by atoms with van der Waals surface area (Å²) in [6.07, 6.45) is 2.16. The minimum atomic E-state index is 0.161. The van der Waals surface area contributed by atoms with Crippen LogP contribution in [-0.2, 0) is 17.9 Å². The summed E-state index contributed by atoms with van der Waals surface area (Å²) in [5.74, 6) is 0.535. The van der Waals surface area contributed by atoms with E-state index in [2.05, 4.69) is 76.2 Å². The Labute approximate surface area is 175 Å². The molecule has 0 aliphatic carbocycles. The molecule has 4 nitrogen and oxygen atoms in total. The van der Waals surface area contributed by atoms with Gasteiger partial charge in [0.05, 0.1) is 5.92 Å². The number of carbonyl (C=O) groups excluding carboxylic acids is 1. The summed E-state index contributed by atoms with van der Waals surface area (Å²) in [7, 11) is 0. The maximum atomic E-state index is 13.2. The van der Waals surface area contributed by atoms with E-state index in [9.17, 15) is 4.79 Å². The van der Waals surface area contributed by atoms with Crippen LogP contribution in [0.5, 0.6) is 0 Å². The molecule has 4 rings (SSSR count). The molecule has 0 spiro atoms. The molecule has 2 aromatic rings. The van der Waals surface area contributed by atoms with Crippen LogP contribution in [0.4, 0.5) is 0 Å². The van der Waals surface area contributed by atoms with Crippen molar-refractivity contribution in [2.45, 2.75) is 32.9 Å². The van der Waals surface area contributed by atoms with E-state index in [4.69, 9.17) is 0 Å². The summed E-state index contributed by atoms with van der Waals surface area (Å²) < 4.78 is 0. The van der Waals surface area contributed by atoms with Crippen LogP contribution in [-0.4, -0.2) is 59.9 Å². The standard InChI is InChI=1S/C25H33N3O/c1-21-8-5-6-11-23(21)19-27-13-7-12-24(20-27)25(29)28-16-14-26(15-17-28)18-22-9-3-2-4-10-22/h2-6,8-11,24H,7,12-20H2,1H3. The van der Waals surface area contributed by atoms with Crippen molar-refractivity contribution in [3.05, 3.63) is 71.3 Å².